The number of carbonyl (C=O) groups excluding carboxylic acids is 3. The fraction of sp³-hybridized carbons (Fsp3) is 0.410. The third-order valence-electron chi connectivity index (χ3n) is 10.6. The number of nitrogens with zero attached hydrogens (tertiary/aromatic N) is 3. The van der Waals surface area contributed by atoms with Gasteiger partial charge < -0.3 is 29.3 Å². The van der Waals surface area contributed by atoms with Crippen LogP contribution in [0.1, 0.15) is 50.3 Å². The van der Waals surface area contributed by atoms with Crippen molar-refractivity contribution in [1.82, 2.24) is 4.90 Å². The van der Waals surface area contributed by atoms with E-state index in [1.165, 1.54) is 0 Å². The number of carbonyl (C=O) groups is 3. The second kappa shape index (κ2) is 13.2. The van der Waals surface area contributed by atoms with E-state index in [1.54, 1.807) is 27.9 Å². The predicted molar refractivity (Wildman–Crippen MR) is 185 cm³/mol. The van der Waals surface area contributed by atoms with Gasteiger partial charge in [-0.3, -0.25) is 14.4 Å². The summed E-state index contributed by atoms with van der Waals surface area (Å²) >= 11 is 0. The highest BCUT2D eigenvalue weighted by atomic mass is 16.5. The van der Waals surface area contributed by atoms with Gasteiger partial charge in [-0.05, 0) is 46.9 Å². The van der Waals surface area contributed by atoms with Crippen molar-refractivity contribution in [2.24, 2.45) is 11.8 Å². The van der Waals surface area contributed by atoms with Crippen molar-refractivity contribution < 1.29 is 29.0 Å². The molecule has 0 saturated carbocycles. The zero-order valence-corrected chi connectivity index (χ0v) is 28.2. The Kier molecular flexibility index (Phi) is 9.20. The lowest BCUT2D eigenvalue weighted by molar-refractivity contribution is -0.150. The van der Waals surface area contributed by atoms with Crippen LogP contribution in [0.5, 0.6) is 5.75 Å². The van der Waals surface area contributed by atoms with E-state index in [4.69, 9.17) is 9.47 Å². The number of ether oxygens (including phenoxy) is 2. The van der Waals surface area contributed by atoms with E-state index in [9.17, 15) is 19.5 Å². The Hall–Kier alpha value is -4.47. The molecule has 3 aliphatic rings. The van der Waals surface area contributed by atoms with E-state index in [2.05, 4.69) is 27.4 Å². The van der Waals surface area contributed by atoms with Crippen molar-refractivity contribution in [2.45, 2.75) is 57.3 Å². The molecule has 6 rings (SSSR count). The molecule has 1 spiro atoms. The number of β-lactam (4-membered cyclic amide) rings is 1. The highest BCUT2D eigenvalue weighted by Crippen LogP contribution is 2.60. The summed E-state index contributed by atoms with van der Waals surface area (Å²) in [7, 11) is 1.63. The number of fused-ring (bicyclic) bond motifs is 2. The lowest BCUT2D eigenvalue weighted by atomic mass is 9.63. The van der Waals surface area contributed by atoms with Crippen molar-refractivity contribution in [3.05, 3.63) is 102 Å². The third-order valence-corrected chi connectivity index (χ3v) is 10.6. The van der Waals surface area contributed by atoms with Crippen LogP contribution >= 0.6 is 0 Å². The van der Waals surface area contributed by atoms with Crippen molar-refractivity contribution in [2.75, 3.05) is 43.2 Å². The molecule has 0 unspecified atom stereocenters. The van der Waals surface area contributed by atoms with E-state index >= 15 is 0 Å². The molecular weight excluding hydrogens is 606 g/mol. The third kappa shape index (κ3) is 5.58. The zero-order valence-electron chi connectivity index (χ0n) is 28.2. The number of aliphatic hydroxyl groups excluding tert-OH is 1. The normalized spacial score (nSPS) is 23.3. The van der Waals surface area contributed by atoms with Gasteiger partial charge in [0.1, 0.15) is 5.75 Å². The summed E-state index contributed by atoms with van der Waals surface area (Å²) in [5.41, 5.74) is 2.23. The highest BCUT2D eigenvalue weighted by Gasteiger charge is 2.66. The number of hydrogen-bond donors (Lipinski definition) is 1. The first-order valence-electron chi connectivity index (χ1n) is 16.7. The zero-order chi connectivity index (χ0) is 34.2. The van der Waals surface area contributed by atoms with Gasteiger partial charge >= 0.3 is 0 Å². The Balaban J connectivity index is 1.44. The summed E-state index contributed by atoms with van der Waals surface area (Å²) < 4.78 is 12.5. The van der Waals surface area contributed by atoms with Crippen LogP contribution in [-0.2, 0) is 36.7 Å². The molecule has 0 bridgehead atoms. The molecule has 3 heterocycles. The summed E-state index contributed by atoms with van der Waals surface area (Å²) in [4.78, 5) is 46.5. The number of aliphatic hydroxyl groups is 1. The van der Waals surface area contributed by atoms with E-state index in [0.717, 1.165) is 28.3 Å². The first-order valence-corrected chi connectivity index (χ1v) is 16.7. The monoisotopic (exact) mass is 651 g/mol. The van der Waals surface area contributed by atoms with Crippen LogP contribution in [0, 0.1) is 11.8 Å². The predicted octanol–water partition coefficient (Wildman–Crippen LogP) is 5.20. The highest BCUT2D eigenvalue weighted by molar-refractivity contribution is 6.09. The molecule has 9 heteroatoms. The Bertz CT molecular complexity index is 1690. The number of benzene rings is 3. The van der Waals surface area contributed by atoms with Crippen molar-refractivity contribution >= 4 is 29.1 Å². The molecule has 4 atom stereocenters. The molecular formula is C39H45N3O6. The minimum absolute atomic E-state index is 0.0253. The minimum atomic E-state index is -1.39. The van der Waals surface area contributed by atoms with Crippen LogP contribution in [0.25, 0.3) is 0 Å². The molecule has 3 aromatic rings. The maximum Gasteiger partial charge on any atom is 0.264 e. The van der Waals surface area contributed by atoms with Crippen molar-refractivity contribution in [3.63, 3.8) is 0 Å². The van der Waals surface area contributed by atoms with Gasteiger partial charge in [0.2, 0.25) is 11.8 Å². The smallest absolute Gasteiger partial charge is 0.264 e. The molecule has 3 aliphatic heterocycles. The van der Waals surface area contributed by atoms with Gasteiger partial charge in [-0.1, -0.05) is 69.3 Å². The molecule has 9 nitrogen and oxygen atoms in total. The number of rotatable bonds is 12. The summed E-state index contributed by atoms with van der Waals surface area (Å²) in [6, 6.07) is 23.3. The van der Waals surface area contributed by atoms with Gasteiger partial charge in [-0.2, -0.15) is 0 Å². The van der Waals surface area contributed by atoms with Gasteiger partial charge in [-0.25, -0.2) is 0 Å². The molecule has 1 N–H and O–H groups in total. The maximum absolute atomic E-state index is 14.7. The van der Waals surface area contributed by atoms with Crippen LogP contribution in [-0.4, -0.2) is 67.2 Å². The fourth-order valence-electron chi connectivity index (χ4n) is 8.09. The van der Waals surface area contributed by atoms with E-state index < -0.39 is 17.1 Å². The van der Waals surface area contributed by atoms with Crippen LogP contribution < -0.4 is 14.5 Å². The molecule has 3 amide bonds. The number of anilines is 2. The second-order valence-corrected chi connectivity index (χ2v) is 13.6. The van der Waals surface area contributed by atoms with E-state index in [-0.39, 0.29) is 49.1 Å². The summed E-state index contributed by atoms with van der Waals surface area (Å²) in [5, 5.41) is 9.92. The van der Waals surface area contributed by atoms with Gasteiger partial charge in [-0.15, -0.1) is 6.58 Å². The molecule has 48 heavy (non-hydrogen) atoms. The molecule has 3 aromatic carbocycles. The van der Waals surface area contributed by atoms with Crippen molar-refractivity contribution in [3.8, 4) is 5.75 Å². The molecule has 0 aliphatic carbocycles. The first-order chi connectivity index (χ1) is 23.1. The first kappa shape index (κ1) is 33.4. The quantitative estimate of drug-likeness (QED) is 0.214. The molecule has 2 saturated heterocycles. The fourth-order valence-corrected chi connectivity index (χ4v) is 8.09. The maximum atomic E-state index is 14.7. The lowest BCUT2D eigenvalue weighted by Crippen LogP contribution is -2.46. The minimum Gasteiger partial charge on any atom is -0.497 e. The van der Waals surface area contributed by atoms with Crippen LogP contribution in [0.3, 0.4) is 0 Å². The average Bonchev–Trinajstić information content (AvgIpc) is 3.50. The summed E-state index contributed by atoms with van der Waals surface area (Å²) in [6.07, 6.45) is 1.57. The van der Waals surface area contributed by atoms with E-state index in [1.807, 2.05) is 72.8 Å². The molecule has 252 valence electrons. The summed E-state index contributed by atoms with van der Waals surface area (Å²) in [5.74, 6) is -0.221. The number of hydrogen-bond acceptors (Lipinski definition) is 6. The topological polar surface area (TPSA) is 99.6 Å². The Morgan fingerprint density at radius 2 is 1.85 bits per heavy atom. The Labute approximate surface area is 282 Å². The largest absolute Gasteiger partial charge is 0.497 e. The summed E-state index contributed by atoms with van der Waals surface area (Å²) in [6.45, 7) is 11.5. The van der Waals surface area contributed by atoms with Crippen LogP contribution in [0.15, 0.2) is 85.5 Å². The molecule has 2 fully saturated rings. The van der Waals surface area contributed by atoms with Gasteiger partial charge in [0.05, 0.1) is 31.9 Å². The molecule has 0 aromatic heterocycles. The Morgan fingerprint density at radius 1 is 1.12 bits per heavy atom. The van der Waals surface area contributed by atoms with Crippen LogP contribution in [0.2, 0.25) is 0 Å². The number of methoxy groups -OCH3 is 1. The van der Waals surface area contributed by atoms with Gasteiger partial charge in [0.15, 0.2) is 5.60 Å². The Morgan fingerprint density at radius 3 is 2.46 bits per heavy atom. The van der Waals surface area contributed by atoms with Crippen LogP contribution in [0.4, 0.5) is 11.4 Å². The number of amides is 3. The second-order valence-electron chi connectivity index (χ2n) is 13.6. The average molecular weight is 652 g/mol. The SMILES string of the molecule is C=CCN1C(=O)[C@@]2(O[C@@H](CC(=O)N(CCO)Cc3ccccc3)[C@H](C(C)(C)c3ccc(OC)cc3)[C@H]2C)c2cc(N3CCC3=O)ccc21. The van der Waals surface area contributed by atoms with Crippen molar-refractivity contribution in [1.29, 1.82) is 0 Å². The van der Waals surface area contributed by atoms with Gasteiger partial charge in [0, 0.05) is 55.7 Å². The van der Waals surface area contributed by atoms with E-state index in [0.29, 0.717) is 31.6 Å². The van der Waals surface area contributed by atoms with Gasteiger partial charge in [0.25, 0.3) is 5.91 Å². The lowest BCUT2D eigenvalue weighted by Gasteiger charge is -2.39. The standard InChI is InChI=1S/C39H45N3O6/c1-6-19-42-32-17-14-29(41-20-18-34(41)44)23-31(32)39(37(42)46)26(2)36(38(3,4)28-12-15-30(47-5)16-13-28)33(48-39)24-35(45)40(21-22-43)25-27-10-8-7-9-11-27/h6-17,23,26,33,36,43H,1,18-22,24-25H2,2-5H3/t26-,33+,36-,39+/m1/s1. The molecule has 0 radical (unpaired) electrons.